The number of rotatable bonds is 41. The first-order valence-corrected chi connectivity index (χ1v) is 19.8. The normalized spacial score (nSPS) is 11.5. The van der Waals surface area contributed by atoms with E-state index in [1.807, 2.05) is 0 Å². The molecule has 1 atom stereocenters. The highest BCUT2D eigenvalue weighted by molar-refractivity contribution is 5.84. The summed E-state index contributed by atoms with van der Waals surface area (Å²) in [6.07, 6.45) is 20.5. The molecule has 0 saturated carbocycles. The van der Waals surface area contributed by atoms with Crippen LogP contribution in [0.1, 0.15) is 135 Å². The number of carboxylic acids is 2. The van der Waals surface area contributed by atoms with Gasteiger partial charge in [0.2, 0.25) is 17.7 Å². The van der Waals surface area contributed by atoms with Gasteiger partial charge in [0.25, 0.3) is 0 Å². The minimum Gasteiger partial charge on any atom is -0.481 e. The van der Waals surface area contributed by atoms with Crippen LogP contribution in [0.15, 0.2) is 0 Å². The second kappa shape index (κ2) is 38.6. The van der Waals surface area contributed by atoms with Crippen LogP contribution in [0.5, 0.6) is 0 Å². The first kappa shape index (κ1) is 49.9. The van der Waals surface area contributed by atoms with Gasteiger partial charge in [0.05, 0.1) is 39.6 Å². The molecule has 0 fully saturated rings. The van der Waals surface area contributed by atoms with Crippen molar-refractivity contribution < 1.29 is 57.9 Å². The van der Waals surface area contributed by atoms with Crippen LogP contribution in [0.2, 0.25) is 0 Å². The minimum absolute atomic E-state index is 0.0107. The highest BCUT2D eigenvalue weighted by atomic mass is 16.5. The summed E-state index contributed by atoms with van der Waals surface area (Å²) in [5.74, 6) is -2.82. The van der Waals surface area contributed by atoms with Crippen LogP contribution in [0, 0.1) is 0 Å². The predicted octanol–water partition coefficient (Wildman–Crippen LogP) is 4.33. The first-order valence-electron chi connectivity index (χ1n) is 19.8. The molecule has 15 nitrogen and oxygen atoms in total. The summed E-state index contributed by atoms with van der Waals surface area (Å²) in [7, 11) is 0. The zero-order valence-electron chi connectivity index (χ0n) is 32.1. The van der Waals surface area contributed by atoms with Crippen molar-refractivity contribution in [2.75, 3.05) is 65.9 Å². The number of aldehydes is 1. The van der Waals surface area contributed by atoms with Crippen molar-refractivity contribution in [3.63, 3.8) is 0 Å². The summed E-state index contributed by atoms with van der Waals surface area (Å²) in [6.45, 7) is 2.02. The fraction of sp³-hybridized carbons (Fsp3) is 0.842. The Hall–Kier alpha value is -3.14. The number of hydrogen-bond acceptors (Lipinski definition) is 10. The van der Waals surface area contributed by atoms with Crippen molar-refractivity contribution in [3.05, 3.63) is 0 Å². The molecule has 0 saturated heterocycles. The Morgan fingerprint density at radius 2 is 0.925 bits per heavy atom. The molecule has 0 heterocycles. The summed E-state index contributed by atoms with van der Waals surface area (Å²) in [4.78, 5) is 68.4. The van der Waals surface area contributed by atoms with Crippen molar-refractivity contribution >= 4 is 35.9 Å². The van der Waals surface area contributed by atoms with Crippen LogP contribution in [0.4, 0.5) is 0 Å². The number of ether oxygens (including phenoxy) is 4. The van der Waals surface area contributed by atoms with E-state index in [4.69, 9.17) is 24.1 Å². The number of carbonyl (C=O) groups is 6. The Morgan fingerprint density at radius 3 is 1.40 bits per heavy atom. The maximum absolute atomic E-state index is 12.3. The van der Waals surface area contributed by atoms with Gasteiger partial charge in [-0.2, -0.15) is 0 Å². The van der Waals surface area contributed by atoms with Crippen LogP contribution in [-0.4, -0.2) is 118 Å². The van der Waals surface area contributed by atoms with Gasteiger partial charge >= 0.3 is 11.9 Å². The van der Waals surface area contributed by atoms with E-state index < -0.39 is 18.0 Å². The second-order valence-electron chi connectivity index (χ2n) is 13.1. The molecule has 308 valence electrons. The fourth-order valence-corrected chi connectivity index (χ4v) is 5.41. The van der Waals surface area contributed by atoms with Gasteiger partial charge in [-0.3, -0.25) is 19.2 Å². The average Bonchev–Trinajstić information content (AvgIpc) is 3.12. The number of carbonyl (C=O) groups excluding carboxylic acids is 4. The summed E-state index contributed by atoms with van der Waals surface area (Å²) in [5, 5.41) is 26.0. The molecule has 0 spiro atoms. The molecule has 0 aromatic heterocycles. The van der Waals surface area contributed by atoms with Crippen molar-refractivity contribution in [2.24, 2.45) is 0 Å². The van der Waals surface area contributed by atoms with Crippen LogP contribution in [0.3, 0.4) is 0 Å². The Balaban J connectivity index is 3.62. The third kappa shape index (κ3) is 38.4. The van der Waals surface area contributed by atoms with Gasteiger partial charge in [-0.05, 0) is 19.3 Å². The number of nitrogens with one attached hydrogen (secondary N) is 3. The van der Waals surface area contributed by atoms with E-state index in [2.05, 4.69) is 16.0 Å². The maximum atomic E-state index is 12.3. The van der Waals surface area contributed by atoms with Crippen molar-refractivity contribution in [1.82, 2.24) is 16.0 Å². The van der Waals surface area contributed by atoms with E-state index in [1.165, 1.54) is 64.2 Å². The highest BCUT2D eigenvalue weighted by Crippen LogP contribution is 2.15. The number of aliphatic carboxylic acids is 2. The number of unbranched alkanes of at least 4 members (excludes halogenated alkanes) is 16. The summed E-state index contributed by atoms with van der Waals surface area (Å²) < 4.78 is 20.8. The van der Waals surface area contributed by atoms with E-state index in [-0.39, 0.29) is 83.0 Å². The lowest BCUT2D eigenvalue weighted by Gasteiger charge is -2.14. The first-order chi connectivity index (χ1) is 25.8. The predicted molar refractivity (Wildman–Crippen MR) is 200 cm³/mol. The van der Waals surface area contributed by atoms with E-state index in [0.717, 1.165) is 38.5 Å². The minimum atomic E-state index is -1.17. The third-order valence-corrected chi connectivity index (χ3v) is 8.39. The van der Waals surface area contributed by atoms with Crippen molar-refractivity contribution in [2.45, 2.75) is 141 Å². The van der Waals surface area contributed by atoms with Gasteiger partial charge in [0.1, 0.15) is 25.5 Å². The quantitative estimate of drug-likeness (QED) is 0.0435. The molecule has 0 rings (SSSR count). The molecule has 0 bridgehead atoms. The summed E-state index contributed by atoms with van der Waals surface area (Å²) in [6, 6.07) is -1.12. The summed E-state index contributed by atoms with van der Waals surface area (Å²) >= 11 is 0. The third-order valence-electron chi connectivity index (χ3n) is 8.39. The molecule has 53 heavy (non-hydrogen) atoms. The molecule has 3 amide bonds. The molecule has 0 aliphatic carbocycles. The van der Waals surface area contributed by atoms with Crippen LogP contribution in [0.25, 0.3) is 0 Å². The number of amides is 3. The maximum Gasteiger partial charge on any atom is 0.326 e. The number of carboxylic acid groups (broad SMARTS) is 2. The molecule has 0 unspecified atom stereocenters. The van der Waals surface area contributed by atoms with Gasteiger partial charge in [0.15, 0.2) is 0 Å². The molecule has 0 aliphatic rings. The van der Waals surface area contributed by atoms with Gasteiger partial charge in [-0.25, -0.2) is 4.79 Å². The second-order valence-corrected chi connectivity index (χ2v) is 13.1. The molecular formula is C38H69N3O12. The SMILES string of the molecule is O=CCOCCOCCNC(=O)COCCOCCNC(=O)CC[C@H](NC(=O)CCCCCCCCCCCCCCCCCCCC(=O)O)C(=O)O. The largest absolute Gasteiger partial charge is 0.481 e. The van der Waals surface area contributed by atoms with Crippen molar-refractivity contribution in [1.29, 1.82) is 0 Å². The molecular weight excluding hydrogens is 690 g/mol. The van der Waals surface area contributed by atoms with Gasteiger partial charge < -0.3 is 49.9 Å². The van der Waals surface area contributed by atoms with E-state index in [0.29, 0.717) is 39.1 Å². The summed E-state index contributed by atoms with van der Waals surface area (Å²) in [5.41, 5.74) is 0. The zero-order valence-corrected chi connectivity index (χ0v) is 32.1. The lowest BCUT2D eigenvalue weighted by Crippen LogP contribution is -2.41. The van der Waals surface area contributed by atoms with E-state index in [9.17, 15) is 33.9 Å². The molecule has 0 aliphatic heterocycles. The smallest absolute Gasteiger partial charge is 0.326 e. The molecule has 0 radical (unpaired) electrons. The molecule has 0 aromatic rings. The standard InChI is InChI=1S/C38H69N3O12/c42-24-27-52-29-28-50-26-23-40-36(45)32-53-31-30-51-25-22-39-34(43)21-20-33(38(48)49)41-35(44)18-16-14-12-10-8-6-4-2-1-3-5-7-9-11-13-15-17-19-37(46)47/h24,33H,1-23,25-32H2,(H,39,43)(H,40,45)(H,41,44)(H,46,47)(H,48,49)/t33-/m0/s1. The van der Waals surface area contributed by atoms with E-state index in [1.54, 1.807) is 0 Å². The Labute approximate surface area is 316 Å². The number of hydrogen-bond donors (Lipinski definition) is 5. The van der Waals surface area contributed by atoms with Crippen LogP contribution < -0.4 is 16.0 Å². The lowest BCUT2D eigenvalue weighted by atomic mass is 10.0. The van der Waals surface area contributed by atoms with E-state index >= 15 is 0 Å². The Bertz CT molecular complexity index is 953. The Kier molecular flexibility index (Phi) is 36.3. The molecule has 0 aromatic carbocycles. The Morgan fingerprint density at radius 1 is 0.491 bits per heavy atom. The van der Waals surface area contributed by atoms with Gasteiger partial charge in [-0.1, -0.05) is 96.3 Å². The molecule has 5 N–H and O–H groups in total. The highest BCUT2D eigenvalue weighted by Gasteiger charge is 2.20. The molecule has 15 heteroatoms. The van der Waals surface area contributed by atoms with Gasteiger partial charge in [0, 0.05) is 32.4 Å². The average molecular weight is 760 g/mol. The lowest BCUT2D eigenvalue weighted by molar-refractivity contribution is -0.142. The van der Waals surface area contributed by atoms with Crippen LogP contribution in [-0.2, 0) is 47.7 Å². The van der Waals surface area contributed by atoms with Crippen LogP contribution >= 0.6 is 0 Å². The van der Waals surface area contributed by atoms with Gasteiger partial charge in [-0.15, -0.1) is 0 Å². The van der Waals surface area contributed by atoms with Crippen molar-refractivity contribution in [3.8, 4) is 0 Å². The monoisotopic (exact) mass is 759 g/mol. The zero-order chi connectivity index (χ0) is 39.0. The fourth-order valence-electron chi connectivity index (χ4n) is 5.41. The topological polar surface area (TPSA) is 216 Å².